The van der Waals surface area contributed by atoms with Gasteiger partial charge in [0, 0.05) is 47.6 Å². The third-order valence-corrected chi connectivity index (χ3v) is 7.03. The van der Waals surface area contributed by atoms with E-state index in [1.54, 1.807) is 48.5 Å². The number of carbonyl (C=O) groups excluding carboxylic acids is 1. The minimum atomic E-state index is -0.512. The molecule has 5 aromatic rings. The van der Waals surface area contributed by atoms with Crippen LogP contribution >= 0.6 is 46.4 Å². The van der Waals surface area contributed by atoms with Crippen molar-refractivity contribution in [1.82, 2.24) is 4.57 Å². The predicted molar refractivity (Wildman–Crippen MR) is 138 cm³/mol. The topological polar surface area (TPSA) is 48.0 Å². The van der Waals surface area contributed by atoms with Crippen molar-refractivity contribution in [1.29, 1.82) is 0 Å². The Labute approximate surface area is 210 Å². The first-order valence-electron chi connectivity index (χ1n) is 10.0. The van der Waals surface area contributed by atoms with E-state index in [2.05, 4.69) is 10.6 Å². The van der Waals surface area contributed by atoms with Crippen molar-refractivity contribution >= 4 is 74.1 Å². The number of hydrogen-bond acceptors (Lipinski definition) is 1. The van der Waals surface area contributed by atoms with E-state index >= 15 is 0 Å². The van der Waals surface area contributed by atoms with Crippen LogP contribution in [-0.2, 0) is 6.54 Å². The monoisotopic (exact) mass is 511 g/mol. The summed E-state index contributed by atoms with van der Waals surface area (Å²) in [6, 6.07) is 23.4. The van der Waals surface area contributed by atoms with E-state index in [0.717, 1.165) is 32.9 Å². The number of nitrogens with zero attached hydrogens (tertiary/aromatic N) is 1. The number of hydrogen-bond donors (Lipinski definition) is 1. The van der Waals surface area contributed by atoms with Crippen LogP contribution in [0.4, 0.5) is 0 Å². The molecule has 3 nitrogen and oxygen atoms in total. The molecule has 0 aliphatic heterocycles. The highest BCUT2D eigenvalue weighted by Gasteiger charge is 2.19. The average Bonchev–Trinajstić information content (AvgIpc) is 3.09. The maximum Gasteiger partial charge on any atom is 0.249 e. The third kappa shape index (κ3) is 3.75. The molecular formula is C26H15Cl4N2O. The van der Waals surface area contributed by atoms with Crippen molar-refractivity contribution in [3.05, 3.63) is 104 Å². The van der Waals surface area contributed by atoms with E-state index in [0.29, 0.717) is 37.8 Å². The lowest BCUT2D eigenvalue weighted by molar-refractivity contribution is 0.100. The van der Waals surface area contributed by atoms with Gasteiger partial charge in [0.05, 0.1) is 17.6 Å². The quantitative estimate of drug-likeness (QED) is 0.260. The van der Waals surface area contributed by atoms with Gasteiger partial charge in [-0.25, -0.2) is 0 Å². The van der Waals surface area contributed by atoms with Crippen molar-refractivity contribution < 1.29 is 4.79 Å². The number of halogens is 4. The number of benzene rings is 4. The third-order valence-electron chi connectivity index (χ3n) is 5.69. The van der Waals surface area contributed by atoms with Crippen LogP contribution in [0.2, 0.25) is 20.1 Å². The molecule has 7 heteroatoms. The molecule has 0 unspecified atom stereocenters. The second-order valence-corrected chi connectivity index (χ2v) is 9.22. The second kappa shape index (κ2) is 8.58. The highest BCUT2D eigenvalue weighted by Crippen LogP contribution is 2.39. The Morgan fingerprint density at radius 1 is 0.848 bits per heavy atom. The summed E-state index contributed by atoms with van der Waals surface area (Å²) in [7, 11) is 0. The second-order valence-electron chi connectivity index (χ2n) is 7.60. The summed E-state index contributed by atoms with van der Waals surface area (Å²) in [6.07, 6.45) is 0. The maximum absolute atomic E-state index is 12.2. The lowest BCUT2D eigenvalue weighted by atomic mass is 10.0. The zero-order valence-electron chi connectivity index (χ0n) is 17.0. The van der Waals surface area contributed by atoms with Crippen molar-refractivity contribution in [3.63, 3.8) is 0 Å². The lowest BCUT2D eigenvalue weighted by Crippen LogP contribution is -2.11. The van der Waals surface area contributed by atoms with Gasteiger partial charge in [0.2, 0.25) is 5.91 Å². The molecule has 0 fully saturated rings. The predicted octanol–water partition coefficient (Wildman–Crippen LogP) is 8.02. The van der Waals surface area contributed by atoms with Crippen LogP contribution in [0.15, 0.2) is 66.7 Å². The Bertz CT molecular complexity index is 1530. The van der Waals surface area contributed by atoms with Crippen molar-refractivity contribution in [3.8, 4) is 11.1 Å². The van der Waals surface area contributed by atoms with E-state index in [-0.39, 0.29) is 0 Å². The van der Waals surface area contributed by atoms with Gasteiger partial charge in [0.25, 0.3) is 0 Å². The van der Waals surface area contributed by atoms with Crippen LogP contribution in [0.3, 0.4) is 0 Å². The number of fused-ring (bicyclic) bond motifs is 3. The molecule has 1 amide bonds. The summed E-state index contributed by atoms with van der Waals surface area (Å²) in [5, 5.41) is 3.65. The molecule has 4 aromatic carbocycles. The summed E-state index contributed by atoms with van der Waals surface area (Å²) < 4.78 is 2.05. The van der Waals surface area contributed by atoms with Crippen LogP contribution < -0.4 is 5.73 Å². The zero-order valence-corrected chi connectivity index (χ0v) is 20.0. The number of amides is 1. The molecule has 5 rings (SSSR count). The smallest absolute Gasteiger partial charge is 0.249 e. The van der Waals surface area contributed by atoms with Crippen LogP contribution in [-0.4, -0.2) is 10.5 Å². The van der Waals surface area contributed by atoms with E-state index in [4.69, 9.17) is 52.1 Å². The van der Waals surface area contributed by atoms with Gasteiger partial charge in [-0.15, -0.1) is 0 Å². The number of nitrogens with two attached hydrogens (primary N) is 1. The molecule has 0 saturated heterocycles. The average molecular weight is 513 g/mol. The summed E-state index contributed by atoms with van der Waals surface area (Å²) in [5.41, 5.74) is 10.0. The molecule has 1 heterocycles. The van der Waals surface area contributed by atoms with Crippen molar-refractivity contribution in [2.45, 2.75) is 6.54 Å². The lowest BCUT2D eigenvalue weighted by Gasteiger charge is -2.12. The molecule has 2 N–H and O–H groups in total. The zero-order chi connectivity index (χ0) is 23.3. The first-order valence-corrected chi connectivity index (χ1v) is 11.5. The Hall–Kier alpha value is -2.69. The van der Waals surface area contributed by atoms with Gasteiger partial charge < -0.3 is 10.3 Å². The normalized spacial score (nSPS) is 11.4. The van der Waals surface area contributed by atoms with E-state index < -0.39 is 5.91 Å². The summed E-state index contributed by atoms with van der Waals surface area (Å²) in [6.45, 7) is 0.383. The van der Waals surface area contributed by atoms with Crippen molar-refractivity contribution in [2.24, 2.45) is 5.73 Å². The standard InChI is InChI=1S/C26H15Cl4N2O/c27-18-5-2-6-19(28)17(18)13-32-22-9-1-4-16(26(31)33)25(22)15-11-10-14(12-23(15)32)24-20(29)7-3-8-21(24)30/h1-10,12H,13H2,(H2,31,33). The summed E-state index contributed by atoms with van der Waals surface area (Å²) in [5.74, 6) is -0.512. The molecule has 0 aliphatic carbocycles. The van der Waals surface area contributed by atoms with Gasteiger partial charge in [-0.1, -0.05) is 64.6 Å². The van der Waals surface area contributed by atoms with Crippen LogP contribution in [0.1, 0.15) is 15.9 Å². The number of primary amides is 1. The molecule has 0 aliphatic rings. The highest BCUT2D eigenvalue weighted by molar-refractivity contribution is 6.39. The van der Waals surface area contributed by atoms with Crippen LogP contribution in [0, 0.1) is 6.07 Å². The summed E-state index contributed by atoms with van der Waals surface area (Å²) >= 11 is 25.9. The number of rotatable bonds is 4. The molecule has 0 spiro atoms. The minimum absolute atomic E-state index is 0.383. The number of carbonyl (C=O) groups is 1. The van der Waals surface area contributed by atoms with E-state index in [1.165, 1.54) is 0 Å². The fourth-order valence-electron chi connectivity index (χ4n) is 4.19. The van der Waals surface area contributed by atoms with Crippen molar-refractivity contribution in [2.75, 3.05) is 0 Å². The Balaban J connectivity index is 1.86. The van der Waals surface area contributed by atoms with Gasteiger partial charge in [0.15, 0.2) is 0 Å². The van der Waals surface area contributed by atoms with E-state index in [1.807, 2.05) is 18.2 Å². The molecule has 163 valence electrons. The Morgan fingerprint density at radius 2 is 1.45 bits per heavy atom. The molecule has 1 radical (unpaired) electrons. The van der Waals surface area contributed by atoms with E-state index in [9.17, 15) is 4.79 Å². The van der Waals surface area contributed by atoms with Gasteiger partial charge in [-0.05, 0) is 60.2 Å². The molecule has 0 bridgehead atoms. The first kappa shape index (κ1) is 22.1. The molecule has 1 aromatic heterocycles. The number of aromatic nitrogens is 1. The van der Waals surface area contributed by atoms with Gasteiger partial charge >= 0.3 is 0 Å². The molecule has 0 atom stereocenters. The van der Waals surface area contributed by atoms with Gasteiger partial charge in [-0.2, -0.15) is 0 Å². The fourth-order valence-corrected chi connectivity index (χ4v) is 5.32. The largest absolute Gasteiger partial charge is 0.366 e. The maximum atomic E-state index is 12.2. The molecule has 0 saturated carbocycles. The fraction of sp³-hybridized carbons (Fsp3) is 0.0385. The van der Waals surface area contributed by atoms with Gasteiger partial charge in [0.1, 0.15) is 0 Å². The summed E-state index contributed by atoms with van der Waals surface area (Å²) in [4.78, 5) is 12.2. The Morgan fingerprint density at radius 3 is 2.09 bits per heavy atom. The minimum Gasteiger partial charge on any atom is -0.366 e. The van der Waals surface area contributed by atoms with Gasteiger partial charge in [-0.3, -0.25) is 4.79 Å². The van der Waals surface area contributed by atoms with Crippen LogP contribution in [0.25, 0.3) is 32.9 Å². The molecular weight excluding hydrogens is 498 g/mol. The molecule has 33 heavy (non-hydrogen) atoms. The SMILES string of the molecule is NC(=O)c1cccc2c1c1[c]cc(-c3c(Cl)cccc3Cl)cc1n2Cc1c(Cl)cccc1Cl. The Kier molecular flexibility index (Phi) is 5.75. The highest BCUT2D eigenvalue weighted by atomic mass is 35.5. The first-order chi connectivity index (χ1) is 15.9. The van der Waals surface area contributed by atoms with Crippen LogP contribution in [0.5, 0.6) is 0 Å².